The van der Waals surface area contributed by atoms with Crippen LogP contribution < -0.4 is 5.32 Å². The van der Waals surface area contributed by atoms with Gasteiger partial charge in [-0.25, -0.2) is 8.78 Å². The molecule has 1 atom stereocenters. The highest BCUT2D eigenvalue weighted by Crippen LogP contribution is 2.19. The molecule has 1 aromatic heterocycles. The van der Waals surface area contributed by atoms with E-state index in [1.54, 1.807) is 0 Å². The van der Waals surface area contributed by atoms with E-state index in [0.717, 1.165) is 12.1 Å². The molecule has 6 nitrogen and oxygen atoms in total. The van der Waals surface area contributed by atoms with Gasteiger partial charge in [-0.05, 0) is 48.5 Å². The van der Waals surface area contributed by atoms with E-state index in [9.17, 15) is 18.7 Å². The van der Waals surface area contributed by atoms with Crippen molar-refractivity contribution in [3.63, 3.8) is 0 Å². The Morgan fingerprint density at radius 3 is 2.28 bits per heavy atom. The summed E-state index contributed by atoms with van der Waals surface area (Å²) in [7, 11) is 0. The highest BCUT2D eigenvalue weighted by molar-refractivity contribution is 5.94. The fourth-order valence-corrected chi connectivity index (χ4v) is 2.12. The Bertz CT molecular complexity index is 864. The van der Waals surface area contributed by atoms with Crippen LogP contribution in [0.4, 0.5) is 8.78 Å². The molecular formula is C17H13F2N3O3. The summed E-state index contributed by atoms with van der Waals surface area (Å²) in [5, 5.41) is 15.8. The lowest BCUT2D eigenvalue weighted by atomic mass is 10.2. The lowest BCUT2D eigenvalue weighted by Crippen LogP contribution is -2.31. The maximum atomic E-state index is 13.0. The van der Waals surface area contributed by atoms with E-state index in [-0.39, 0.29) is 17.3 Å². The molecule has 0 aliphatic carbocycles. The van der Waals surface area contributed by atoms with Crippen molar-refractivity contribution in [1.29, 1.82) is 0 Å². The Morgan fingerprint density at radius 2 is 1.68 bits per heavy atom. The van der Waals surface area contributed by atoms with E-state index in [4.69, 9.17) is 4.52 Å². The summed E-state index contributed by atoms with van der Waals surface area (Å²) in [5.41, 5.74) is 0.746. The molecule has 0 aliphatic heterocycles. The summed E-state index contributed by atoms with van der Waals surface area (Å²) >= 11 is 0. The number of carbonyl (C=O) groups is 1. The number of carbonyl (C=O) groups excluding carboxylic acids is 1. The third kappa shape index (κ3) is 3.86. The first-order valence-electron chi connectivity index (χ1n) is 7.33. The van der Waals surface area contributed by atoms with Crippen LogP contribution in [0.1, 0.15) is 22.3 Å². The Kier molecular flexibility index (Phi) is 4.80. The van der Waals surface area contributed by atoms with Crippen LogP contribution >= 0.6 is 0 Å². The number of aliphatic hydroxyl groups excluding tert-OH is 1. The minimum atomic E-state index is -0.931. The van der Waals surface area contributed by atoms with Crippen LogP contribution in [0.2, 0.25) is 0 Å². The van der Waals surface area contributed by atoms with Crippen LogP contribution in [0.15, 0.2) is 53.1 Å². The second kappa shape index (κ2) is 7.18. The Hall–Kier alpha value is -3.13. The number of nitrogens with zero attached hydrogens (tertiary/aromatic N) is 2. The van der Waals surface area contributed by atoms with Gasteiger partial charge in [0.25, 0.3) is 11.8 Å². The van der Waals surface area contributed by atoms with Crippen LogP contribution in [0, 0.1) is 11.6 Å². The average Bonchev–Trinajstić information content (AvgIpc) is 3.10. The van der Waals surface area contributed by atoms with Gasteiger partial charge < -0.3 is 14.9 Å². The molecule has 0 saturated carbocycles. The van der Waals surface area contributed by atoms with Gasteiger partial charge in [-0.3, -0.25) is 4.79 Å². The maximum absolute atomic E-state index is 13.0. The highest BCUT2D eigenvalue weighted by Gasteiger charge is 2.21. The summed E-state index contributed by atoms with van der Waals surface area (Å²) in [6, 6.07) is 9.48. The third-order valence-corrected chi connectivity index (χ3v) is 3.44. The van der Waals surface area contributed by atoms with Gasteiger partial charge in [0.1, 0.15) is 17.7 Å². The molecule has 0 bridgehead atoms. The van der Waals surface area contributed by atoms with Gasteiger partial charge in [-0.2, -0.15) is 4.98 Å². The molecular weight excluding hydrogens is 332 g/mol. The van der Waals surface area contributed by atoms with Crippen molar-refractivity contribution < 1.29 is 23.2 Å². The quantitative estimate of drug-likeness (QED) is 0.742. The van der Waals surface area contributed by atoms with Crippen molar-refractivity contribution in [3.8, 4) is 11.4 Å². The first-order valence-corrected chi connectivity index (χ1v) is 7.33. The van der Waals surface area contributed by atoms with E-state index < -0.39 is 30.2 Å². The minimum absolute atomic E-state index is 0.00251. The van der Waals surface area contributed by atoms with E-state index in [2.05, 4.69) is 15.5 Å². The van der Waals surface area contributed by atoms with Gasteiger partial charge in [0.2, 0.25) is 5.82 Å². The minimum Gasteiger partial charge on any atom is -0.394 e. The molecule has 2 aromatic carbocycles. The number of halogens is 2. The Morgan fingerprint density at radius 1 is 1.08 bits per heavy atom. The molecule has 0 spiro atoms. The number of hydrogen-bond donors (Lipinski definition) is 2. The topological polar surface area (TPSA) is 88.2 Å². The number of benzene rings is 2. The van der Waals surface area contributed by atoms with Gasteiger partial charge in [0.05, 0.1) is 6.61 Å². The zero-order valence-corrected chi connectivity index (χ0v) is 12.8. The first kappa shape index (κ1) is 16.7. The molecule has 0 radical (unpaired) electrons. The molecule has 0 unspecified atom stereocenters. The van der Waals surface area contributed by atoms with Crippen molar-refractivity contribution in [2.24, 2.45) is 0 Å². The summed E-state index contributed by atoms with van der Waals surface area (Å²) in [6.07, 6.45) is 0. The van der Waals surface area contributed by atoms with Crippen LogP contribution in [-0.4, -0.2) is 27.8 Å². The number of rotatable bonds is 5. The van der Waals surface area contributed by atoms with Crippen LogP contribution in [-0.2, 0) is 0 Å². The number of hydrogen-bond acceptors (Lipinski definition) is 5. The van der Waals surface area contributed by atoms with Crippen LogP contribution in [0.3, 0.4) is 0 Å². The second-order valence-corrected chi connectivity index (χ2v) is 5.18. The molecule has 0 aliphatic rings. The summed E-state index contributed by atoms with van der Waals surface area (Å²) in [4.78, 5) is 16.2. The predicted molar refractivity (Wildman–Crippen MR) is 83.4 cm³/mol. The zero-order valence-electron chi connectivity index (χ0n) is 12.8. The third-order valence-electron chi connectivity index (χ3n) is 3.44. The molecule has 1 amide bonds. The van der Waals surface area contributed by atoms with Crippen molar-refractivity contribution >= 4 is 5.91 Å². The molecule has 3 aromatic rings. The highest BCUT2D eigenvalue weighted by atomic mass is 19.1. The van der Waals surface area contributed by atoms with Gasteiger partial charge in [-0.1, -0.05) is 5.16 Å². The summed E-state index contributed by atoms with van der Waals surface area (Å²) in [6.45, 7) is -0.474. The Balaban J connectivity index is 1.76. The molecule has 0 fully saturated rings. The number of aliphatic hydroxyl groups is 1. The van der Waals surface area contributed by atoms with Gasteiger partial charge >= 0.3 is 0 Å². The lowest BCUT2D eigenvalue weighted by molar-refractivity contribution is 0.0901. The van der Waals surface area contributed by atoms with E-state index in [1.165, 1.54) is 36.4 Å². The Labute approximate surface area is 141 Å². The molecule has 0 saturated heterocycles. The van der Waals surface area contributed by atoms with Gasteiger partial charge in [0.15, 0.2) is 0 Å². The molecule has 8 heteroatoms. The van der Waals surface area contributed by atoms with Crippen molar-refractivity contribution in [2.75, 3.05) is 6.61 Å². The van der Waals surface area contributed by atoms with E-state index in [1.807, 2.05) is 0 Å². The monoisotopic (exact) mass is 345 g/mol. The first-order chi connectivity index (χ1) is 12.1. The molecule has 3 rings (SSSR count). The van der Waals surface area contributed by atoms with Crippen molar-refractivity contribution in [2.45, 2.75) is 6.04 Å². The fraction of sp³-hybridized carbons (Fsp3) is 0.118. The second-order valence-electron chi connectivity index (χ2n) is 5.18. The van der Waals surface area contributed by atoms with Crippen molar-refractivity contribution in [1.82, 2.24) is 15.5 Å². The largest absolute Gasteiger partial charge is 0.394 e. The smallest absolute Gasteiger partial charge is 0.251 e. The normalized spacial score (nSPS) is 12.0. The van der Waals surface area contributed by atoms with Gasteiger partial charge in [-0.15, -0.1) is 0 Å². The SMILES string of the molecule is O=C(N[C@@H](CO)c1nc(-c2ccc(F)cc2)no1)c1ccc(F)cc1. The maximum Gasteiger partial charge on any atom is 0.251 e. The zero-order chi connectivity index (χ0) is 17.8. The summed E-state index contributed by atoms with van der Waals surface area (Å²) < 4.78 is 30.9. The predicted octanol–water partition coefficient (Wildman–Crippen LogP) is 2.48. The average molecular weight is 345 g/mol. The number of amides is 1. The molecule has 25 heavy (non-hydrogen) atoms. The number of nitrogens with one attached hydrogen (secondary N) is 1. The van der Waals surface area contributed by atoms with Crippen LogP contribution in [0.5, 0.6) is 0 Å². The lowest BCUT2D eigenvalue weighted by Gasteiger charge is -2.12. The molecule has 2 N–H and O–H groups in total. The fourth-order valence-electron chi connectivity index (χ4n) is 2.12. The van der Waals surface area contributed by atoms with E-state index >= 15 is 0 Å². The standard InChI is InChI=1S/C17H13F2N3O3/c18-12-5-1-10(2-6-12)15-21-17(25-22-15)14(9-23)20-16(24)11-3-7-13(19)8-4-11/h1-8,14,23H,9H2,(H,20,24)/t14-/m0/s1. The molecule has 128 valence electrons. The van der Waals surface area contributed by atoms with Gasteiger partial charge in [0, 0.05) is 11.1 Å². The summed E-state index contributed by atoms with van der Waals surface area (Å²) in [5.74, 6) is -1.19. The number of aromatic nitrogens is 2. The molecule has 1 heterocycles. The van der Waals surface area contributed by atoms with Crippen molar-refractivity contribution in [3.05, 3.63) is 71.6 Å². The van der Waals surface area contributed by atoms with Crippen LogP contribution in [0.25, 0.3) is 11.4 Å². The van der Waals surface area contributed by atoms with E-state index in [0.29, 0.717) is 5.56 Å².